The smallest absolute Gasteiger partial charge is 0.306 e. The Morgan fingerprint density at radius 1 is 1.33 bits per heavy atom. The number of amides is 1. The molecule has 1 unspecified atom stereocenters. The maximum atomic E-state index is 13.0. The Hall–Kier alpha value is -1.98. The van der Waals surface area contributed by atoms with E-state index in [1.54, 1.807) is 11.8 Å². The first-order chi connectivity index (χ1) is 9.88. The molecular formula is C15H17F2NO3. The fourth-order valence-corrected chi connectivity index (χ4v) is 2.34. The number of hydrogen-bond donors (Lipinski definition) is 1. The van der Waals surface area contributed by atoms with Crippen molar-refractivity contribution in [3.05, 3.63) is 35.4 Å². The van der Waals surface area contributed by atoms with E-state index in [0.29, 0.717) is 25.1 Å². The average Bonchev–Trinajstić information content (AvgIpc) is 2.38. The minimum Gasteiger partial charge on any atom is -0.481 e. The van der Waals surface area contributed by atoms with E-state index in [1.807, 2.05) is 0 Å². The van der Waals surface area contributed by atoms with Crippen LogP contribution in [0.4, 0.5) is 8.78 Å². The predicted molar refractivity (Wildman–Crippen MR) is 71.5 cm³/mol. The fourth-order valence-electron chi connectivity index (χ4n) is 2.34. The summed E-state index contributed by atoms with van der Waals surface area (Å²) in [6.45, 7) is 2.53. The van der Waals surface area contributed by atoms with E-state index in [4.69, 9.17) is 5.11 Å². The van der Waals surface area contributed by atoms with Gasteiger partial charge in [0, 0.05) is 25.4 Å². The van der Waals surface area contributed by atoms with E-state index in [2.05, 4.69) is 0 Å². The van der Waals surface area contributed by atoms with Gasteiger partial charge in [0.05, 0.1) is 5.92 Å². The number of nitrogens with zero attached hydrogens (tertiary/aromatic N) is 1. The molecule has 0 aromatic heterocycles. The Balaban J connectivity index is 1.79. The largest absolute Gasteiger partial charge is 0.481 e. The number of carbonyl (C=O) groups is 2. The molecule has 0 spiro atoms. The zero-order chi connectivity index (χ0) is 15.6. The quantitative estimate of drug-likeness (QED) is 0.905. The lowest BCUT2D eigenvalue weighted by atomic mass is 9.87. The maximum Gasteiger partial charge on any atom is 0.306 e. The van der Waals surface area contributed by atoms with E-state index in [9.17, 15) is 18.4 Å². The van der Waals surface area contributed by atoms with Crippen LogP contribution in [0.2, 0.25) is 0 Å². The molecule has 6 heteroatoms. The van der Waals surface area contributed by atoms with Crippen molar-refractivity contribution in [2.45, 2.75) is 19.8 Å². The van der Waals surface area contributed by atoms with Gasteiger partial charge in [-0.2, -0.15) is 0 Å². The van der Waals surface area contributed by atoms with Gasteiger partial charge in [-0.1, -0.05) is 13.0 Å². The van der Waals surface area contributed by atoms with E-state index in [0.717, 1.165) is 12.1 Å². The topological polar surface area (TPSA) is 57.6 Å². The van der Waals surface area contributed by atoms with Gasteiger partial charge in [-0.25, -0.2) is 8.78 Å². The third kappa shape index (κ3) is 3.56. The van der Waals surface area contributed by atoms with Crippen LogP contribution in [-0.2, 0) is 16.0 Å². The highest BCUT2D eigenvalue weighted by Gasteiger charge is 2.36. The lowest BCUT2D eigenvalue weighted by Crippen LogP contribution is -2.53. The van der Waals surface area contributed by atoms with Crippen LogP contribution in [0.3, 0.4) is 0 Å². The average molecular weight is 297 g/mol. The zero-order valence-electron chi connectivity index (χ0n) is 11.7. The van der Waals surface area contributed by atoms with E-state index < -0.39 is 23.5 Å². The zero-order valence-corrected chi connectivity index (χ0v) is 11.7. The molecule has 2 rings (SSSR count). The van der Waals surface area contributed by atoms with Gasteiger partial charge in [0.1, 0.15) is 0 Å². The molecule has 21 heavy (non-hydrogen) atoms. The Labute approximate surface area is 121 Å². The first-order valence-electron chi connectivity index (χ1n) is 6.83. The van der Waals surface area contributed by atoms with Crippen LogP contribution in [0.25, 0.3) is 0 Å². The SMILES string of the molecule is CC(C(=O)O)C1CN(C(=O)CCc2ccc(F)c(F)c2)C1. The number of carboxylic acid groups (broad SMARTS) is 1. The molecule has 0 saturated carbocycles. The molecule has 1 aromatic carbocycles. The minimum atomic E-state index is -0.917. The number of aryl methyl sites for hydroxylation is 1. The molecule has 1 aromatic rings. The fraction of sp³-hybridized carbons (Fsp3) is 0.467. The normalized spacial score (nSPS) is 16.4. The molecule has 1 aliphatic heterocycles. The predicted octanol–water partition coefficient (Wildman–Crippen LogP) is 2.08. The van der Waals surface area contributed by atoms with E-state index in [-0.39, 0.29) is 18.2 Å². The van der Waals surface area contributed by atoms with Gasteiger partial charge in [0.25, 0.3) is 0 Å². The number of carboxylic acids is 1. The summed E-state index contributed by atoms with van der Waals surface area (Å²) in [4.78, 5) is 24.3. The van der Waals surface area contributed by atoms with E-state index in [1.165, 1.54) is 6.07 Å². The molecule has 1 N–H and O–H groups in total. The summed E-state index contributed by atoms with van der Waals surface area (Å²) < 4.78 is 25.8. The van der Waals surface area contributed by atoms with Crippen LogP contribution < -0.4 is 0 Å². The molecule has 1 amide bonds. The Morgan fingerprint density at radius 3 is 2.57 bits per heavy atom. The number of hydrogen-bond acceptors (Lipinski definition) is 2. The minimum absolute atomic E-state index is 0.00489. The number of rotatable bonds is 5. The summed E-state index contributed by atoms with van der Waals surface area (Å²) in [6, 6.07) is 3.59. The second kappa shape index (κ2) is 6.20. The number of likely N-dealkylation sites (tertiary alicyclic amines) is 1. The van der Waals surface area contributed by atoms with Crippen LogP contribution in [-0.4, -0.2) is 35.0 Å². The summed E-state index contributed by atoms with van der Waals surface area (Å²) in [5.41, 5.74) is 0.568. The highest BCUT2D eigenvalue weighted by molar-refractivity contribution is 5.78. The number of benzene rings is 1. The van der Waals surface area contributed by atoms with Crippen molar-refractivity contribution in [1.29, 1.82) is 0 Å². The lowest BCUT2D eigenvalue weighted by molar-refractivity contribution is -0.150. The van der Waals surface area contributed by atoms with Crippen molar-refractivity contribution in [1.82, 2.24) is 4.90 Å². The van der Waals surface area contributed by atoms with Gasteiger partial charge in [-0.3, -0.25) is 9.59 Å². The molecule has 1 heterocycles. The molecule has 1 aliphatic rings. The standard InChI is InChI=1S/C15H17F2NO3/c1-9(15(20)21)11-7-18(8-11)14(19)5-3-10-2-4-12(16)13(17)6-10/h2,4,6,9,11H,3,5,7-8H2,1H3,(H,20,21). The molecule has 0 aliphatic carbocycles. The summed E-state index contributed by atoms with van der Waals surface area (Å²) in [5.74, 6) is -3.23. The van der Waals surface area contributed by atoms with E-state index >= 15 is 0 Å². The highest BCUT2D eigenvalue weighted by Crippen LogP contribution is 2.25. The number of halogens is 2. The van der Waals surface area contributed by atoms with Crippen LogP contribution in [0.5, 0.6) is 0 Å². The Morgan fingerprint density at radius 2 is 2.00 bits per heavy atom. The van der Waals surface area contributed by atoms with Gasteiger partial charge in [0.2, 0.25) is 5.91 Å². The van der Waals surface area contributed by atoms with Crippen molar-refractivity contribution in [3.63, 3.8) is 0 Å². The van der Waals surface area contributed by atoms with Crippen LogP contribution in [0.15, 0.2) is 18.2 Å². The Kier molecular flexibility index (Phi) is 4.55. The summed E-state index contributed by atoms with van der Waals surface area (Å²) >= 11 is 0. The summed E-state index contributed by atoms with van der Waals surface area (Å²) in [6.07, 6.45) is 0.547. The van der Waals surface area contributed by atoms with Crippen molar-refractivity contribution in [2.24, 2.45) is 11.8 Å². The second-order valence-electron chi connectivity index (χ2n) is 5.43. The molecule has 1 saturated heterocycles. The third-order valence-electron chi connectivity index (χ3n) is 3.97. The van der Waals surface area contributed by atoms with Crippen molar-refractivity contribution in [2.75, 3.05) is 13.1 Å². The Bertz CT molecular complexity index is 556. The summed E-state index contributed by atoms with van der Waals surface area (Å²) in [5, 5.41) is 8.87. The van der Waals surface area contributed by atoms with Gasteiger partial charge in [-0.15, -0.1) is 0 Å². The van der Waals surface area contributed by atoms with Gasteiger partial charge in [0.15, 0.2) is 11.6 Å². The maximum absolute atomic E-state index is 13.0. The molecule has 4 nitrogen and oxygen atoms in total. The highest BCUT2D eigenvalue weighted by atomic mass is 19.2. The van der Waals surface area contributed by atoms with Crippen molar-refractivity contribution < 1.29 is 23.5 Å². The van der Waals surface area contributed by atoms with Gasteiger partial charge < -0.3 is 10.0 Å². The molecule has 0 bridgehead atoms. The molecule has 1 atom stereocenters. The van der Waals surface area contributed by atoms with Gasteiger partial charge in [-0.05, 0) is 24.1 Å². The van der Waals surface area contributed by atoms with Crippen LogP contribution in [0.1, 0.15) is 18.9 Å². The van der Waals surface area contributed by atoms with Crippen molar-refractivity contribution in [3.8, 4) is 0 Å². The lowest BCUT2D eigenvalue weighted by Gasteiger charge is -2.41. The molecule has 0 radical (unpaired) electrons. The van der Waals surface area contributed by atoms with Crippen molar-refractivity contribution >= 4 is 11.9 Å². The van der Waals surface area contributed by atoms with Crippen LogP contribution in [0, 0.1) is 23.5 Å². The second-order valence-corrected chi connectivity index (χ2v) is 5.43. The summed E-state index contributed by atoms with van der Waals surface area (Å²) in [7, 11) is 0. The first kappa shape index (κ1) is 15.4. The molecule has 1 fully saturated rings. The first-order valence-corrected chi connectivity index (χ1v) is 6.83. The van der Waals surface area contributed by atoms with Crippen LogP contribution >= 0.6 is 0 Å². The monoisotopic (exact) mass is 297 g/mol. The molecular weight excluding hydrogens is 280 g/mol. The molecule has 114 valence electrons. The third-order valence-corrected chi connectivity index (χ3v) is 3.97. The number of aliphatic carboxylic acids is 1. The van der Waals surface area contributed by atoms with Gasteiger partial charge >= 0.3 is 5.97 Å². The number of carbonyl (C=O) groups excluding carboxylic acids is 1.